The van der Waals surface area contributed by atoms with Gasteiger partial charge in [0, 0.05) is 0 Å². The van der Waals surface area contributed by atoms with Crippen LogP contribution in [-0.4, -0.2) is 10.7 Å². The number of hydrogen-bond acceptors (Lipinski definition) is 1. The molecule has 1 nitrogen and oxygen atoms in total. The zero-order valence-electron chi connectivity index (χ0n) is 8.62. The molecule has 0 fully saturated rings. The second-order valence-corrected chi connectivity index (χ2v) is 3.42. The van der Waals surface area contributed by atoms with E-state index in [9.17, 15) is 5.11 Å². The van der Waals surface area contributed by atoms with E-state index in [0.29, 0.717) is 0 Å². The summed E-state index contributed by atoms with van der Waals surface area (Å²) >= 11 is 0. The van der Waals surface area contributed by atoms with Crippen LogP contribution in [-0.2, 0) is 0 Å². The van der Waals surface area contributed by atoms with Crippen LogP contribution in [0.3, 0.4) is 0 Å². The van der Waals surface area contributed by atoms with E-state index in [-0.39, 0.29) is 0 Å². The Morgan fingerprint density at radius 1 is 1.23 bits per heavy atom. The third-order valence-electron chi connectivity index (χ3n) is 1.43. The summed E-state index contributed by atoms with van der Waals surface area (Å²) in [6.07, 6.45) is 10.6. The van der Waals surface area contributed by atoms with E-state index < -0.39 is 5.60 Å². The highest BCUT2D eigenvalue weighted by Gasteiger charge is 2.08. The summed E-state index contributed by atoms with van der Waals surface area (Å²) in [5.74, 6) is 0. The van der Waals surface area contributed by atoms with Crippen LogP contribution in [0.5, 0.6) is 0 Å². The van der Waals surface area contributed by atoms with E-state index in [1.54, 1.807) is 31.2 Å². The van der Waals surface area contributed by atoms with E-state index in [0.717, 1.165) is 0 Å². The lowest BCUT2D eigenvalue weighted by atomic mass is 10.1. The lowest BCUT2D eigenvalue weighted by Gasteiger charge is -2.12. The maximum atomic E-state index is 9.71. The van der Waals surface area contributed by atoms with Crippen molar-refractivity contribution < 1.29 is 5.11 Å². The Labute approximate surface area is 80.8 Å². The van der Waals surface area contributed by atoms with Gasteiger partial charge in [-0.05, 0) is 32.9 Å². The Morgan fingerprint density at radius 3 is 2.23 bits per heavy atom. The highest BCUT2D eigenvalue weighted by Crippen LogP contribution is 2.07. The van der Waals surface area contributed by atoms with Crippen molar-refractivity contribution in [1.82, 2.24) is 0 Å². The third kappa shape index (κ3) is 7.29. The molecule has 0 rings (SSSR count). The monoisotopic (exact) mass is 178 g/mol. The lowest BCUT2D eigenvalue weighted by molar-refractivity contribution is 0.164. The standard InChI is InChI=1S/C12H18O/c1-5-6-9-12(4,13)10-7-8-11(2)3/h5-10,13H,1H2,2-4H3. The van der Waals surface area contributed by atoms with Gasteiger partial charge in [-0.15, -0.1) is 0 Å². The Bertz CT molecular complexity index is 238. The fourth-order valence-corrected chi connectivity index (χ4v) is 0.754. The van der Waals surface area contributed by atoms with Gasteiger partial charge in [0.25, 0.3) is 0 Å². The molecular formula is C12H18O. The predicted molar refractivity (Wildman–Crippen MR) is 58.5 cm³/mol. The molecule has 0 spiro atoms. The Morgan fingerprint density at radius 2 is 1.77 bits per heavy atom. The minimum absolute atomic E-state index is 0.889. The Hall–Kier alpha value is -1.08. The van der Waals surface area contributed by atoms with Gasteiger partial charge in [0.2, 0.25) is 0 Å². The molecule has 0 aliphatic carbocycles. The summed E-state index contributed by atoms with van der Waals surface area (Å²) in [6, 6.07) is 0. The summed E-state index contributed by atoms with van der Waals surface area (Å²) in [7, 11) is 0. The maximum Gasteiger partial charge on any atom is 0.0986 e. The lowest BCUT2D eigenvalue weighted by Crippen LogP contribution is -2.16. The highest BCUT2D eigenvalue weighted by atomic mass is 16.3. The van der Waals surface area contributed by atoms with E-state index in [1.807, 2.05) is 26.0 Å². The predicted octanol–water partition coefficient (Wildman–Crippen LogP) is 3.00. The van der Waals surface area contributed by atoms with Crippen molar-refractivity contribution in [2.75, 3.05) is 0 Å². The van der Waals surface area contributed by atoms with Crippen molar-refractivity contribution in [1.29, 1.82) is 0 Å². The van der Waals surface area contributed by atoms with Gasteiger partial charge in [-0.1, -0.05) is 36.5 Å². The van der Waals surface area contributed by atoms with Crippen molar-refractivity contribution in [3.8, 4) is 0 Å². The number of hydrogen-bond donors (Lipinski definition) is 1. The van der Waals surface area contributed by atoms with Crippen molar-refractivity contribution >= 4 is 0 Å². The SMILES string of the molecule is C=CC=CC(C)(O)C=CC=C(C)C. The van der Waals surface area contributed by atoms with Crippen LogP contribution < -0.4 is 0 Å². The molecule has 1 atom stereocenters. The molecule has 72 valence electrons. The molecule has 0 radical (unpaired) electrons. The molecule has 0 aliphatic rings. The van der Waals surface area contributed by atoms with E-state index in [1.165, 1.54) is 5.57 Å². The van der Waals surface area contributed by atoms with Crippen molar-refractivity contribution in [3.63, 3.8) is 0 Å². The number of rotatable bonds is 4. The second-order valence-electron chi connectivity index (χ2n) is 3.42. The zero-order valence-corrected chi connectivity index (χ0v) is 8.62. The Kier molecular flexibility index (Phi) is 5.09. The smallest absolute Gasteiger partial charge is 0.0986 e. The minimum atomic E-state index is -0.889. The largest absolute Gasteiger partial charge is 0.382 e. The van der Waals surface area contributed by atoms with Gasteiger partial charge in [-0.3, -0.25) is 0 Å². The van der Waals surface area contributed by atoms with Crippen LogP contribution in [0.1, 0.15) is 20.8 Å². The fraction of sp³-hybridized carbons (Fsp3) is 0.333. The quantitative estimate of drug-likeness (QED) is 0.656. The molecule has 0 saturated heterocycles. The van der Waals surface area contributed by atoms with Crippen LogP contribution >= 0.6 is 0 Å². The van der Waals surface area contributed by atoms with Crippen LogP contribution in [0.2, 0.25) is 0 Å². The molecular weight excluding hydrogens is 160 g/mol. The van der Waals surface area contributed by atoms with Gasteiger partial charge in [-0.2, -0.15) is 0 Å². The summed E-state index contributed by atoms with van der Waals surface area (Å²) in [5.41, 5.74) is 0.319. The van der Waals surface area contributed by atoms with E-state index in [4.69, 9.17) is 0 Å². The second kappa shape index (κ2) is 5.55. The van der Waals surface area contributed by atoms with Crippen molar-refractivity contribution in [3.05, 3.63) is 48.6 Å². The van der Waals surface area contributed by atoms with Gasteiger partial charge in [0.15, 0.2) is 0 Å². The molecule has 1 N–H and O–H groups in total. The van der Waals surface area contributed by atoms with Crippen LogP contribution in [0.25, 0.3) is 0 Å². The third-order valence-corrected chi connectivity index (χ3v) is 1.43. The maximum absolute atomic E-state index is 9.71. The molecule has 0 bridgehead atoms. The van der Waals surface area contributed by atoms with Gasteiger partial charge >= 0.3 is 0 Å². The molecule has 0 aliphatic heterocycles. The first-order valence-corrected chi connectivity index (χ1v) is 4.33. The Balaban J connectivity index is 4.32. The number of allylic oxidation sites excluding steroid dienone is 5. The fourth-order valence-electron chi connectivity index (χ4n) is 0.754. The molecule has 0 aromatic heterocycles. The first-order valence-electron chi connectivity index (χ1n) is 4.33. The molecule has 0 aromatic rings. The average Bonchev–Trinajstić information content (AvgIpc) is 2.00. The van der Waals surface area contributed by atoms with Crippen molar-refractivity contribution in [2.24, 2.45) is 0 Å². The van der Waals surface area contributed by atoms with Gasteiger partial charge < -0.3 is 5.11 Å². The van der Waals surface area contributed by atoms with Crippen LogP contribution in [0.4, 0.5) is 0 Å². The molecule has 0 saturated carbocycles. The molecule has 0 heterocycles. The molecule has 1 unspecified atom stereocenters. The molecule has 13 heavy (non-hydrogen) atoms. The summed E-state index contributed by atoms with van der Waals surface area (Å²) < 4.78 is 0. The van der Waals surface area contributed by atoms with E-state index in [2.05, 4.69) is 6.58 Å². The van der Waals surface area contributed by atoms with Crippen molar-refractivity contribution in [2.45, 2.75) is 26.4 Å². The van der Waals surface area contributed by atoms with E-state index >= 15 is 0 Å². The molecule has 0 amide bonds. The first kappa shape index (κ1) is 11.9. The van der Waals surface area contributed by atoms with Crippen LogP contribution in [0.15, 0.2) is 48.6 Å². The summed E-state index contributed by atoms with van der Waals surface area (Å²) in [5, 5.41) is 9.71. The van der Waals surface area contributed by atoms with Crippen LogP contribution in [0, 0.1) is 0 Å². The summed E-state index contributed by atoms with van der Waals surface area (Å²) in [6.45, 7) is 9.29. The number of aliphatic hydroxyl groups is 1. The minimum Gasteiger partial charge on any atom is -0.382 e. The topological polar surface area (TPSA) is 20.2 Å². The first-order chi connectivity index (χ1) is 5.98. The van der Waals surface area contributed by atoms with Gasteiger partial charge in [0.05, 0.1) is 5.60 Å². The zero-order chi connectivity index (χ0) is 10.3. The normalized spacial score (nSPS) is 16.0. The van der Waals surface area contributed by atoms with Gasteiger partial charge in [-0.25, -0.2) is 0 Å². The molecule has 1 heteroatoms. The van der Waals surface area contributed by atoms with Gasteiger partial charge in [0.1, 0.15) is 0 Å². The average molecular weight is 178 g/mol. The highest BCUT2D eigenvalue weighted by molar-refractivity contribution is 5.19. The molecule has 0 aromatic carbocycles. The summed E-state index contributed by atoms with van der Waals surface area (Å²) in [4.78, 5) is 0.